The molecule has 1 aliphatic carbocycles. The van der Waals surface area contributed by atoms with E-state index >= 15 is 0 Å². The van der Waals surface area contributed by atoms with E-state index in [4.69, 9.17) is 9.25 Å². The summed E-state index contributed by atoms with van der Waals surface area (Å²) in [5, 5.41) is 0. The zero-order chi connectivity index (χ0) is 17.2. The highest BCUT2D eigenvalue weighted by atomic mass is 16.6. The normalized spacial score (nSPS) is 12.6. The summed E-state index contributed by atoms with van der Waals surface area (Å²) in [5.74, 6) is 0.992. The Balaban J connectivity index is 1.79. The van der Waals surface area contributed by atoms with Crippen LogP contribution in [0.4, 0.5) is 0 Å². The number of nitrogens with zero attached hydrogens (tertiary/aromatic N) is 1. The van der Waals surface area contributed by atoms with Crippen LogP contribution in [0.1, 0.15) is 21.7 Å². The predicted octanol–water partition coefficient (Wildman–Crippen LogP) is 3.87. The van der Waals surface area contributed by atoms with Gasteiger partial charge in [0.05, 0.1) is 12.8 Å². The predicted molar refractivity (Wildman–Crippen MR) is 94.6 cm³/mol. The molecule has 1 N–H and O–H groups in total. The first-order chi connectivity index (χ1) is 12.3. The Labute approximate surface area is 144 Å². The number of aldehydes is 1. The molecule has 0 spiro atoms. The minimum atomic E-state index is 0.308. The number of benzene rings is 1. The van der Waals surface area contributed by atoms with Crippen LogP contribution in [-0.4, -0.2) is 18.4 Å². The maximum atomic E-state index is 11.2. The topological polar surface area (TPSA) is 64.4 Å². The molecule has 0 saturated carbocycles. The molecule has 3 aromatic rings. The molecule has 2 heterocycles. The standard InChI is InChI=1S/C20H16N2O3/c1-24-22-19-5-3-14-10-15(2-4-17(14)19)20-18(11-16(12-23)25-20)13-6-8-21-9-7-13/h2,4-12,22H,3H2,1H3. The quantitative estimate of drug-likeness (QED) is 0.567. The van der Waals surface area contributed by atoms with Gasteiger partial charge in [0.25, 0.3) is 0 Å². The highest BCUT2D eigenvalue weighted by Gasteiger charge is 2.19. The molecule has 0 amide bonds. The molecule has 1 aromatic carbocycles. The molecule has 0 fully saturated rings. The largest absolute Gasteiger partial charge is 0.453 e. The smallest absolute Gasteiger partial charge is 0.185 e. The van der Waals surface area contributed by atoms with Crippen molar-refractivity contribution >= 4 is 12.0 Å². The van der Waals surface area contributed by atoms with Crippen molar-refractivity contribution in [2.75, 3.05) is 7.11 Å². The Bertz CT molecular complexity index is 958. The van der Waals surface area contributed by atoms with Crippen LogP contribution in [0.2, 0.25) is 0 Å². The van der Waals surface area contributed by atoms with Crippen LogP contribution in [0.25, 0.3) is 28.1 Å². The summed E-state index contributed by atoms with van der Waals surface area (Å²) >= 11 is 0. The van der Waals surface area contributed by atoms with Crippen LogP contribution in [0.5, 0.6) is 0 Å². The van der Waals surface area contributed by atoms with Crippen LogP contribution in [0, 0.1) is 0 Å². The van der Waals surface area contributed by atoms with Crippen molar-refractivity contribution in [1.29, 1.82) is 0 Å². The fraction of sp³-hybridized carbons (Fsp3) is 0.100. The maximum Gasteiger partial charge on any atom is 0.185 e. The number of hydrogen-bond donors (Lipinski definition) is 1. The summed E-state index contributed by atoms with van der Waals surface area (Å²) in [6.07, 6.45) is 7.08. The van der Waals surface area contributed by atoms with E-state index in [0.29, 0.717) is 11.5 Å². The van der Waals surface area contributed by atoms with Gasteiger partial charge in [0.1, 0.15) is 5.76 Å². The number of carbonyl (C=O) groups excluding carboxylic acids is 1. The van der Waals surface area contributed by atoms with Gasteiger partial charge in [-0.2, -0.15) is 0 Å². The first-order valence-corrected chi connectivity index (χ1v) is 7.92. The monoisotopic (exact) mass is 332 g/mol. The van der Waals surface area contributed by atoms with Crippen molar-refractivity contribution in [1.82, 2.24) is 10.5 Å². The van der Waals surface area contributed by atoms with E-state index < -0.39 is 0 Å². The zero-order valence-electron chi connectivity index (χ0n) is 13.7. The van der Waals surface area contributed by atoms with Crippen LogP contribution in [-0.2, 0) is 11.3 Å². The number of allylic oxidation sites excluding steroid dienone is 1. The second-order valence-electron chi connectivity index (χ2n) is 5.75. The molecule has 0 bridgehead atoms. The fourth-order valence-corrected chi connectivity index (χ4v) is 3.12. The highest BCUT2D eigenvalue weighted by Crippen LogP contribution is 2.37. The van der Waals surface area contributed by atoms with Gasteiger partial charge in [-0.3, -0.25) is 20.1 Å². The van der Waals surface area contributed by atoms with Crippen LogP contribution >= 0.6 is 0 Å². The Morgan fingerprint density at radius 1 is 1.12 bits per heavy atom. The molecule has 0 aliphatic heterocycles. The Morgan fingerprint density at radius 2 is 1.96 bits per heavy atom. The second-order valence-corrected chi connectivity index (χ2v) is 5.75. The average Bonchev–Trinajstić information content (AvgIpc) is 3.27. The van der Waals surface area contributed by atoms with Crippen molar-refractivity contribution in [3.63, 3.8) is 0 Å². The van der Waals surface area contributed by atoms with Gasteiger partial charge in [0.2, 0.25) is 0 Å². The van der Waals surface area contributed by atoms with Gasteiger partial charge < -0.3 is 4.42 Å². The van der Waals surface area contributed by atoms with Gasteiger partial charge in [0.15, 0.2) is 12.0 Å². The van der Waals surface area contributed by atoms with Gasteiger partial charge in [0, 0.05) is 29.1 Å². The molecule has 0 radical (unpaired) electrons. The van der Waals surface area contributed by atoms with E-state index in [2.05, 4.69) is 22.6 Å². The van der Waals surface area contributed by atoms with Crippen LogP contribution in [0.3, 0.4) is 0 Å². The molecular formula is C20H16N2O3. The minimum absolute atomic E-state index is 0.308. The molecule has 5 heteroatoms. The van der Waals surface area contributed by atoms with Gasteiger partial charge in [-0.1, -0.05) is 18.2 Å². The summed E-state index contributed by atoms with van der Waals surface area (Å²) in [6, 6.07) is 11.7. The number of fused-ring (bicyclic) bond motifs is 1. The number of rotatable bonds is 5. The van der Waals surface area contributed by atoms with Crippen LogP contribution in [0.15, 0.2) is 59.3 Å². The number of carbonyl (C=O) groups is 1. The molecular weight excluding hydrogens is 316 g/mol. The summed E-state index contributed by atoms with van der Waals surface area (Å²) in [4.78, 5) is 20.3. The van der Waals surface area contributed by atoms with E-state index in [-0.39, 0.29) is 0 Å². The minimum Gasteiger partial charge on any atom is -0.453 e. The summed E-state index contributed by atoms with van der Waals surface area (Å²) in [5.41, 5.74) is 8.93. The molecule has 4 rings (SSSR count). The summed E-state index contributed by atoms with van der Waals surface area (Å²) < 4.78 is 5.79. The third kappa shape index (κ3) is 2.75. The number of hydroxylamine groups is 1. The maximum absolute atomic E-state index is 11.2. The molecule has 25 heavy (non-hydrogen) atoms. The fourth-order valence-electron chi connectivity index (χ4n) is 3.12. The lowest BCUT2D eigenvalue weighted by molar-refractivity contribution is 0.110. The molecule has 1 aliphatic rings. The van der Waals surface area contributed by atoms with E-state index in [0.717, 1.165) is 40.7 Å². The van der Waals surface area contributed by atoms with Gasteiger partial charge >= 0.3 is 0 Å². The van der Waals surface area contributed by atoms with Crippen LogP contribution < -0.4 is 5.48 Å². The first-order valence-electron chi connectivity index (χ1n) is 7.92. The summed E-state index contributed by atoms with van der Waals surface area (Å²) in [7, 11) is 1.60. The number of hydrogen-bond acceptors (Lipinski definition) is 5. The van der Waals surface area contributed by atoms with E-state index in [1.165, 1.54) is 5.56 Å². The third-order valence-electron chi connectivity index (χ3n) is 4.25. The van der Waals surface area contributed by atoms with Crippen molar-refractivity contribution < 1.29 is 14.0 Å². The number of aromatic nitrogens is 1. The van der Waals surface area contributed by atoms with Crippen molar-refractivity contribution in [3.8, 4) is 22.5 Å². The first kappa shape index (κ1) is 15.4. The third-order valence-corrected chi connectivity index (χ3v) is 4.25. The Kier molecular flexibility index (Phi) is 3.91. The summed E-state index contributed by atoms with van der Waals surface area (Å²) in [6.45, 7) is 0. The number of nitrogens with one attached hydrogen (secondary N) is 1. The lowest BCUT2D eigenvalue weighted by Gasteiger charge is -2.09. The molecule has 0 unspecified atom stereocenters. The lowest BCUT2D eigenvalue weighted by atomic mass is 9.99. The van der Waals surface area contributed by atoms with Crippen molar-refractivity contribution in [2.24, 2.45) is 0 Å². The molecule has 0 atom stereocenters. The molecule has 5 nitrogen and oxygen atoms in total. The molecule has 2 aromatic heterocycles. The van der Waals surface area contributed by atoms with Gasteiger partial charge in [-0.05, 0) is 41.8 Å². The van der Waals surface area contributed by atoms with E-state index in [1.54, 1.807) is 25.6 Å². The van der Waals surface area contributed by atoms with Crippen molar-refractivity contribution in [2.45, 2.75) is 6.42 Å². The van der Waals surface area contributed by atoms with E-state index in [9.17, 15) is 4.79 Å². The lowest BCUT2D eigenvalue weighted by Crippen LogP contribution is -2.08. The van der Waals surface area contributed by atoms with Gasteiger partial charge in [-0.15, -0.1) is 0 Å². The SMILES string of the molecule is CONC1=CCc2cc(-c3oc(C=O)cc3-c3ccncc3)ccc21. The average molecular weight is 332 g/mol. The Hall–Kier alpha value is -3.18. The zero-order valence-corrected chi connectivity index (χ0v) is 13.7. The molecule has 0 saturated heterocycles. The highest BCUT2D eigenvalue weighted by molar-refractivity contribution is 5.86. The second kappa shape index (κ2) is 6.37. The Morgan fingerprint density at radius 3 is 2.72 bits per heavy atom. The number of pyridine rings is 1. The molecule has 124 valence electrons. The van der Waals surface area contributed by atoms with Crippen molar-refractivity contribution in [3.05, 3.63) is 71.8 Å². The van der Waals surface area contributed by atoms with E-state index in [1.807, 2.05) is 24.3 Å². The number of furan rings is 1. The van der Waals surface area contributed by atoms with Gasteiger partial charge in [-0.25, -0.2) is 0 Å².